The normalized spacial score (nSPS) is 21.0. The van der Waals surface area contributed by atoms with Gasteiger partial charge in [-0.3, -0.25) is 9.53 Å². The van der Waals surface area contributed by atoms with Gasteiger partial charge < -0.3 is 20.1 Å². The van der Waals surface area contributed by atoms with Gasteiger partial charge in [-0.05, 0) is 12.8 Å². The molecule has 8 nitrogen and oxygen atoms in total. The van der Waals surface area contributed by atoms with Crippen molar-refractivity contribution < 1.29 is 50.5 Å². The quantitative estimate of drug-likeness (QED) is 0.462. The Bertz CT molecular complexity index is 1120. The molecule has 1 aliphatic rings. The van der Waals surface area contributed by atoms with Crippen LogP contribution in [0.25, 0.3) is 10.2 Å². The molecule has 36 heavy (non-hydrogen) atoms. The molecule has 0 radical (unpaired) electrons. The van der Waals surface area contributed by atoms with Crippen LogP contribution in [0.1, 0.15) is 48.5 Å². The summed E-state index contributed by atoms with van der Waals surface area (Å²) in [6.07, 6.45) is -12.1. The van der Waals surface area contributed by atoms with Crippen molar-refractivity contribution in [1.82, 2.24) is 15.2 Å². The number of piperidine rings is 1. The van der Waals surface area contributed by atoms with Crippen LogP contribution in [0, 0.1) is 0 Å². The number of nitrogens with one attached hydrogen (secondary N) is 1. The first-order valence-electron chi connectivity index (χ1n) is 10.8. The van der Waals surface area contributed by atoms with E-state index in [9.17, 15) is 41.0 Å². The molecular formula is C21H23F6N3O5S. The number of rotatable bonds is 7. The summed E-state index contributed by atoms with van der Waals surface area (Å²) in [4.78, 5) is 29.1. The Morgan fingerprint density at radius 2 is 2.00 bits per heavy atom. The number of amides is 2. The molecule has 2 amide bonds. The lowest BCUT2D eigenvalue weighted by Gasteiger charge is -2.47. The van der Waals surface area contributed by atoms with Gasteiger partial charge in [0.05, 0.1) is 33.5 Å². The highest BCUT2D eigenvalue weighted by Gasteiger charge is 2.45. The molecule has 0 aromatic carbocycles. The summed E-state index contributed by atoms with van der Waals surface area (Å²) in [5, 5.41) is 13.2. The zero-order valence-corrected chi connectivity index (χ0v) is 19.9. The van der Waals surface area contributed by atoms with Crippen LogP contribution in [0.4, 0.5) is 31.1 Å². The Hall–Kier alpha value is -2.81. The maximum absolute atomic E-state index is 13.8. The molecule has 1 aliphatic heterocycles. The van der Waals surface area contributed by atoms with Crippen molar-refractivity contribution in [2.45, 2.75) is 56.8 Å². The average molecular weight is 543 g/mol. The number of carbonyl (C=O) groups excluding carboxylic acids is 1. The third-order valence-electron chi connectivity index (χ3n) is 6.14. The van der Waals surface area contributed by atoms with E-state index in [2.05, 4.69) is 15.0 Å². The monoisotopic (exact) mass is 543 g/mol. The second-order valence-electron chi connectivity index (χ2n) is 8.20. The third-order valence-corrected chi connectivity index (χ3v) is 7.14. The number of carboxylic acid groups (broad SMARTS) is 1. The van der Waals surface area contributed by atoms with Crippen molar-refractivity contribution in [2.75, 3.05) is 20.2 Å². The molecule has 2 aromatic heterocycles. The Morgan fingerprint density at radius 1 is 1.31 bits per heavy atom. The fourth-order valence-electron chi connectivity index (χ4n) is 4.37. The van der Waals surface area contributed by atoms with Crippen LogP contribution in [0.3, 0.4) is 0 Å². The molecule has 15 heteroatoms. The van der Waals surface area contributed by atoms with E-state index >= 15 is 0 Å². The molecule has 2 N–H and O–H groups in total. The molecule has 0 aliphatic carbocycles. The van der Waals surface area contributed by atoms with E-state index in [1.165, 1.54) is 12.4 Å². The predicted molar refractivity (Wildman–Crippen MR) is 116 cm³/mol. The van der Waals surface area contributed by atoms with Gasteiger partial charge in [-0.2, -0.15) is 13.2 Å². The molecule has 200 valence electrons. The van der Waals surface area contributed by atoms with Gasteiger partial charge in [0.15, 0.2) is 0 Å². The number of alkyl halides is 6. The number of aromatic nitrogens is 1. The number of ether oxygens (including phenoxy) is 2. The number of nitrogens with zero attached hydrogens (tertiary/aromatic N) is 2. The first kappa shape index (κ1) is 27.8. The van der Waals surface area contributed by atoms with Gasteiger partial charge in [0.2, 0.25) is 5.88 Å². The molecule has 3 heterocycles. The number of pyridine rings is 1. The van der Waals surface area contributed by atoms with Gasteiger partial charge in [0.25, 0.3) is 5.91 Å². The van der Waals surface area contributed by atoms with Gasteiger partial charge in [-0.25, -0.2) is 9.78 Å². The molecule has 0 bridgehead atoms. The number of fused-ring (bicyclic) bond motifs is 1. The molecule has 2 aromatic rings. The van der Waals surface area contributed by atoms with Crippen LogP contribution >= 0.6 is 11.3 Å². The van der Waals surface area contributed by atoms with E-state index in [1.54, 1.807) is 6.92 Å². The second kappa shape index (κ2) is 10.3. The zero-order chi connectivity index (χ0) is 26.9. The van der Waals surface area contributed by atoms with Gasteiger partial charge in [-0.15, -0.1) is 24.5 Å². The molecular weight excluding hydrogens is 520 g/mol. The summed E-state index contributed by atoms with van der Waals surface area (Å²) in [7, 11) is 1.32. The Balaban J connectivity index is 1.94. The van der Waals surface area contributed by atoms with Crippen molar-refractivity contribution >= 4 is 33.6 Å². The molecule has 0 unspecified atom stereocenters. The highest BCUT2D eigenvalue weighted by atomic mass is 32.1. The molecule has 2 atom stereocenters. The van der Waals surface area contributed by atoms with Crippen molar-refractivity contribution in [3.05, 3.63) is 22.6 Å². The Kier molecular flexibility index (Phi) is 7.93. The van der Waals surface area contributed by atoms with E-state index in [0.717, 1.165) is 4.90 Å². The Labute approximate surface area is 205 Å². The lowest BCUT2D eigenvalue weighted by molar-refractivity contribution is -0.326. The van der Waals surface area contributed by atoms with Crippen LogP contribution in [0.5, 0.6) is 5.88 Å². The number of halogens is 6. The average Bonchev–Trinajstić information content (AvgIpc) is 3.20. The lowest BCUT2D eigenvalue weighted by atomic mass is 9.80. The van der Waals surface area contributed by atoms with Crippen molar-refractivity contribution in [3.63, 3.8) is 0 Å². The van der Waals surface area contributed by atoms with Crippen molar-refractivity contribution in [1.29, 1.82) is 0 Å². The number of thiophene rings is 1. The summed E-state index contributed by atoms with van der Waals surface area (Å²) < 4.78 is 88.2. The Morgan fingerprint density at radius 3 is 2.56 bits per heavy atom. The fraction of sp³-hybridized carbons (Fsp3) is 0.571. The summed E-state index contributed by atoms with van der Waals surface area (Å²) in [5.41, 5.74) is -2.62. The van der Waals surface area contributed by atoms with Crippen molar-refractivity contribution in [2.24, 2.45) is 0 Å². The third kappa shape index (κ3) is 5.94. The standard InChI is InChI=1S/C21H23F6N3O5S/c1-3-19(5-7-34-21(25,26)27)9-11(4-6-30(19)18(32)33)35-14-8-13(20(22,23)24)16-15(29-14)12(10-36-16)17(31)28-2/h8,10-11H,3-7,9H2,1-2H3,(H,28,31)(H,32,33)/t11-,19+/m0/s1. The molecule has 1 fully saturated rings. The lowest BCUT2D eigenvalue weighted by Crippen LogP contribution is -2.58. The molecule has 3 rings (SSSR count). The van der Waals surface area contributed by atoms with E-state index < -0.39 is 54.2 Å². The predicted octanol–water partition coefficient (Wildman–Crippen LogP) is 5.27. The minimum absolute atomic E-state index is 0.0682. The van der Waals surface area contributed by atoms with Crippen LogP contribution in [0.15, 0.2) is 11.4 Å². The number of likely N-dealkylation sites (tertiary alicyclic amines) is 1. The molecule has 1 saturated heterocycles. The van der Waals surface area contributed by atoms with Crippen LogP contribution in [-0.4, -0.2) is 65.2 Å². The first-order valence-corrected chi connectivity index (χ1v) is 11.7. The minimum atomic E-state index is -4.90. The summed E-state index contributed by atoms with van der Waals surface area (Å²) in [5.74, 6) is -1.06. The summed E-state index contributed by atoms with van der Waals surface area (Å²) in [6, 6.07) is 0.705. The topological polar surface area (TPSA) is 101 Å². The zero-order valence-electron chi connectivity index (χ0n) is 19.1. The molecule has 0 spiro atoms. The molecule has 0 saturated carbocycles. The van der Waals surface area contributed by atoms with Crippen LogP contribution in [-0.2, 0) is 10.9 Å². The van der Waals surface area contributed by atoms with E-state index in [-0.39, 0.29) is 48.0 Å². The van der Waals surface area contributed by atoms with Gasteiger partial charge >= 0.3 is 18.6 Å². The fourth-order valence-corrected chi connectivity index (χ4v) is 5.40. The second-order valence-corrected chi connectivity index (χ2v) is 9.08. The highest BCUT2D eigenvalue weighted by molar-refractivity contribution is 7.17. The maximum atomic E-state index is 13.8. The van der Waals surface area contributed by atoms with E-state index in [4.69, 9.17) is 4.74 Å². The first-order chi connectivity index (χ1) is 16.7. The van der Waals surface area contributed by atoms with Gasteiger partial charge in [-0.1, -0.05) is 6.92 Å². The summed E-state index contributed by atoms with van der Waals surface area (Å²) in [6.45, 7) is 0.676. The largest absolute Gasteiger partial charge is 0.522 e. The summed E-state index contributed by atoms with van der Waals surface area (Å²) >= 11 is 0.707. The van der Waals surface area contributed by atoms with E-state index in [0.29, 0.717) is 17.4 Å². The minimum Gasteiger partial charge on any atom is -0.474 e. The number of hydrogen-bond donors (Lipinski definition) is 2. The smallest absolute Gasteiger partial charge is 0.474 e. The van der Waals surface area contributed by atoms with Crippen LogP contribution in [0.2, 0.25) is 0 Å². The van der Waals surface area contributed by atoms with Crippen molar-refractivity contribution in [3.8, 4) is 5.88 Å². The SMILES string of the molecule is CC[C@@]1(CCOC(F)(F)F)C[C@@H](Oc2cc(C(F)(F)F)c3scc(C(=O)NC)c3n2)CCN1C(=O)O. The van der Waals surface area contributed by atoms with Crippen LogP contribution < -0.4 is 10.1 Å². The van der Waals surface area contributed by atoms with Gasteiger partial charge in [0.1, 0.15) is 6.10 Å². The maximum Gasteiger partial charge on any atom is 0.522 e. The van der Waals surface area contributed by atoms with Gasteiger partial charge in [0, 0.05) is 37.9 Å². The number of carbonyl (C=O) groups is 2. The number of hydrogen-bond acceptors (Lipinski definition) is 6. The highest BCUT2D eigenvalue weighted by Crippen LogP contribution is 2.41. The van der Waals surface area contributed by atoms with E-state index in [1.807, 2.05) is 0 Å².